The molecule has 0 aliphatic heterocycles. The van der Waals surface area contributed by atoms with Gasteiger partial charge in [0.25, 0.3) is 0 Å². The molecular formula is C19H16FN3O2S. The van der Waals surface area contributed by atoms with Gasteiger partial charge in [0.2, 0.25) is 5.91 Å². The molecular weight excluding hydrogens is 353 g/mol. The monoisotopic (exact) mass is 369 g/mol. The topological polar surface area (TPSA) is 72.0 Å². The Kier molecular flexibility index (Phi) is 4.03. The maximum atomic E-state index is 13.0. The summed E-state index contributed by atoms with van der Waals surface area (Å²) in [6, 6.07) is 7.60. The molecule has 0 bridgehead atoms. The Morgan fingerprint density at radius 3 is 2.73 bits per heavy atom. The van der Waals surface area contributed by atoms with Gasteiger partial charge in [-0.3, -0.25) is 14.6 Å². The summed E-state index contributed by atoms with van der Waals surface area (Å²) in [5.74, 6) is -0.913. The first-order valence-electron chi connectivity index (χ1n) is 8.26. The molecule has 2 heterocycles. The summed E-state index contributed by atoms with van der Waals surface area (Å²) in [5.41, 5.74) is 4.01. The fourth-order valence-electron chi connectivity index (χ4n) is 2.83. The highest BCUT2D eigenvalue weighted by molar-refractivity contribution is 7.22. The molecule has 1 amide bonds. The number of benzene rings is 1. The molecule has 0 spiro atoms. The van der Waals surface area contributed by atoms with E-state index in [4.69, 9.17) is 0 Å². The van der Waals surface area contributed by atoms with Gasteiger partial charge in [-0.1, -0.05) is 17.4 Å². The molecule has 1 aromatic carbocycles. The van der Waals surface area contributed by atoms with Crippen molar-refractivity contribution in [1.29, 1.82) is 0 Å². The van der Waals surface area contributed by atoms with E-state index in [-0.39, 0.29) is 11.7 Å². The van der Waals surface area contributed by atoms with Gasteiger partial charge >= 0.3 is 0 Å². The molecule has 1 N–H and O–H groups in total. The normalized spacial score (nSPS) is 18.7. The van der Waals surface area contributed by atoms with Crippen molar-refractivity contribution in [2.24, 2.45) is 5.92 Å². The summed E-state index contributed by atoms with van der Waals surface area (Å²) in [6.45, 7) is 3.43. The first kappa shape index (κ1) is 16.8. The van der Waals surface area contributed by atoms with Crippen LogP contribution in [0.5, 0.6) is 0 Å². The number of Topliss-reactive ketones (excluding diaryl/α,β-unsaturated/α-hetero) is 1. The second kappa shape index (κ2) is 6.25. The third-order valence-corrected chi connectivity index (χ3v) is 5.40. The predicted molar refractivity (Wildman–Crippen MR) is 99.2 cm³/mol. The number of anilines is 1. The van der Waals surface area contributed by atoms with Gasteiger partial charge in [-0.25, -0.2) is 9.37 Å². The number of aryl methyl sites for hydroxylation is 1. The second-order valence-corrected chi connectivity index (χ2v) is 7.52. The van der Waals surface area contributed by atoms with Crippen molar-refractivity contribution < 1.29 is 14.0 Å². The molecule has 5 nitrogen and oxygen atoms in total. The average Bonchev–Trinajstić information content (AvgIpc) is 3.20. The number of amides is 1. The van der Waals surface area contributed by atoms with Crippen LogP contribution in [0.15, 0.2) is 30.5 Å². The third kappa shape index (κ3) is 3.10. The summed E-state index contributed by atoms with van der Waals surface area (Å²) in [5, 5.41) is 3.17. The molecule has 1 aliphatic rings. The van der Waals surface area contributed by atoms with Crippen LogP contribution < -0.4 is 5.32 Å². The fraction of sp³-hybridized carbons (Fsp3) is 0.263. The van der Waals surface area contributed by atoms with Crippen LogP contribution in [0.2, 0.25) is 0 Å². The number of pyridine rings is 1. The minimum Gasteiger partial charge on any atom is -0.302 e. The van der Waals surface area contributed by atoms with Crippen LogP contribution in [0, 0.1) is 12.8 Å². The van der Waals surface area contributed by atoms with Gasteiger partial charge in [0.15, 0.2) is 10.9 Å². The number of aromatic nitrogens is 2. The predicted octanol–water partition coefficient (Wildman–Crippen LogP) is 4.17. The summed E-state index contributed by atoms with van der Waals surface area (Å²) < 4.78 is 13.9. The molecule has 7 heteroatoms. The van der Waals surface area contributed by atoms with Gasteiger partial charge in [0, 0.05) is 18.7 Å². The number of hydrogen-bond donors (Lipinski definition) is 1. The molecule has 2 aromatic heterocycles. The zero-order valence-electron chi connectivity index (χ0n) is 14.2. The molecule has 2 atom stereocenters. The smallest absolute Gasteiger partial charge is 0.232 e. The lowest BCUT2D eigenvalue weighted by atomic mass is 10.0. The van der Waals surface area contributed by atoms with Gasteiger partial charge < -0.3 is 5.32 Å². The molecule has 1 aliphatic carbocycles. The Morgan fingerprint density at radius 1 is 1.31 bits per heavy atom. The zero-order chi connectivity index (χ0) is 18.4. The maximum Gasteiger partial charge on any atom is 0.232 e. The molecule has 26 heavy (non-hydrogen) atoms. The maximum absolute atomic E-state index is 13.0. The van der Waals surface area contributed by atoms with Crippen molar-refractivity contribution in [2.45, 2.75) is 26.4 Å². The summed E-state index contributed by atoms with van der Waals surface area (Å²) in [4.78, 5) is 32.0. The largest absolute Gasteiger partial charge is 0.302 e. The quantitative estimate of drug-likeness (QED) is 0.701. The van der Waals surface area contributed by atoms with Crippen molar-refractivity contribution in [1.82, 2.24) is 9.97 Å². The number of halogens is 1. The van der Waals surface area contributed by atoms with Gasteiger partial charge in [-0.15, -0.1) is 0 Å². The van der Waals surface area contributed by atoms with Crippen molar-refractivity contribution in [3.63, 3.8) is 0 Å². The number of carbonyl (C=O) groups excluding carboxylic acids is 2. The van der Waals surface area contributed by atoms with Crippen LogP contribution in [0.4, 0.5) is 9.52 Å². The van der Waals surface area contributed by atoms with Crippen LogP contribution in [0.1, 0.15) is 29.4 Å². The van der Waals surface area contributed by atoms with Crippen molar-refractivity contribution in [3.8, 4) is 11.1 Å². The fourth-order valence-corrected chi connectivity index (χ4v) is 3.68. The van der Waals surface area contributed by atoms with Crippen LogP contribution in [0.3, 0.4) is 0 Å². The minimum atomic E-state index is -1.02. The first-order valence-corrected chi connectivity index (χ1v) is 9.07. The third-order valence-electron chi connectivity index (χ3n) is 4.45. The summed E-state index contributed by atoms with van der Waals surface area (Å²) >= 11 is 1.36. The molecule has 0 unspecified atom stereocenters. The SMILES string of the molecule is CC(=O)c1cc(C)c(-c2ccc3sc(NC(=O)[C@@H]4C[C@@H]4F)nc3c2)cn1. The van der Waals surface area contributed by atoms with E-state index >= 15 is 0 Å². The Morgan fingerprint density at radius 2 is 2.08 bits per heavy atom. The Hall–Kier alpha value is -2.67. The van der Waals surface area contributed by atoms with Gasteiger partial charge in [0.1, 0.15) is 11.9 Å². The molecule has 1 fully saturated rings. The van der Waals surface area contributed by atoms with Gasteiger partial charge in [0.05, 0.1) is 16.1 Å². The summed E-state index contributed by atoms with van der Waals surface area (Å²) in [7, 11) is 0. The van der Waals surface area contributed by atoms with Crippen molar-refractivity contribution >= 4 is 38.4 Å². The number of thiazole rings is 1. The van der Waals surface area contributed by atoms with E-state index in [0.717, 1.165) is 26.9 Å². The Bertz CT molecular complexity index is 1050. The van der Waals surface area contributed by atoms with Gasteiger partial charge in [-0.2, -0.15) is 0 Å². The zero-order valence-corrected chi connectivity index (χ0v) is 15.1. The number of hydrogen-bond acceptors (Lipinski definition) is 5. The minimum absolute atomic E-state index is 0.0684. The lowest BCUT2D eigenvalue weighted by molar-refractivity contribution is -0.117. The molecule has 132 valence electrons. The van der Waals surface area contributed by atoms with Crippen LogP contribution in [-0.2, 0) is 4.79 Å². The van der Waals surface area contributed by atoms with E-state index in [2.05, 4.69) is 15.3 Å². The van der Waals surface area contributed by atoms with E-state index in [0.29, 0.717) is 17.2 Å². The van der Waals surface area contributed by atoms with Crippen LogP contribution >= 0.6 is 11.3 Å². The van der Waals surface area contributed by atoms with Gasteiger partial charge in [-0.05, 0) is 42.7 Å². The number of nitrogens with zero attached hydrogens (tertiary/aromatic N) is 2. The standard InChI is InChI=1S/C19H16FN3O2S/c1-9-5-15(10(2)24)21-8-13(9)11-3-4-17-16(6-11)22-19(26-17)23-18(25)12-7-14(12)20/h3-6,8,12,14H,7H2,1-2H3,(H,22,23,25)/t12-,14+/m1/s1. The second-order valence-electron chi connectivity index (χ2n) is 6.49. The van der Waals surface area contributed by atoms with E-state index in [9.17, 15) is 14.0 Å². The lowest BCUT2D eigenvalue weighted by Crippen LogP contribution is -2.14. The Labute approximate surface area is 153 Å². The molecule has 4 rings (SSSR count). The number of ketones is 1. The van der Waals surface area contributed by atoms with Crippen LogP contribution in [0.25, 0.3) is 21.3 Å². The number of carbonyl (C=O) groups is 2. The highest BCUT2D eigenvalue weighted by atomic mass is 32.1. The van der Waals surface area contributed by atoms with E-state index in [1.54, 1.807) is 12.3 Å². The first-order chi connectivity index (χ1) is 12.4. The van der Waals surface area contributed by atoms with E-state index < -0.39 is 12.1 Å². The number of rotatable bonds is 4. The average molecular weight is 369 g/mol. The van der Waals surface area contributed by atoms with Crippen molar-refractivity contribution in [2.75, 3.05) is 5.32 Å². The molecule has 0 saturated heterocycles. The van der Waals surface area contributed by atoms with E-state index in [1.165, 1.54) is 18.3 Å². The van der Waals surface area contributed by atoms with E-state index in [1.807, 2.05) is 25.1 Å². The number of nitrogens with one attached hydrogen (secondary N) is 1. The Balaban J connectivity index is 1.63. The lowest BCUT2D eigenvalue weighted by Gasteiger charge is -2.06. The van der Waals surface area contributed by atoms with Crippen molar-refractivity contribution in [3.05, 3.63) is 41.7 Å². The number of alkyl halides is 1. The van der Waals surface area contributed by atoms with Crippen LogP contribution in [-0.4, -0.2) is 27.8 Å². The molecule has 1 saturated carbocycles. The molecule has 3 aromatic rings. The number of fused-ring (bicyclic) bond motifs is 1. The highest BCUT2D eigenvalue weighted by Gasteiger charge is 2.43. The highest BCUT2D eigenvalue weighted by Crippen LogP contribution is 2.36. The summed E-state index contributed by atoms with van der Waals surface area (Å²) in [6.07, 6.45) is 0.963. The molecule has 0 radical (unpaired) electrons.